The van der Waals surface area contributed by atoms with Crippen LogP contribution in [0.1, 0.15) is 26.2 Å². The molecule has 0 saturated heterocycles. The van der Waals surface area contributed by atoms with Gasteiger partial charge in [-0.05, 0) is 37.1 Å². The molecule has 94 valence electrons. The van der Waals surface area contributed by atoms with E-state index in [1.54, 1.807) is 0 Å². The van der Waals surface area contributed by atoms with E-state index in [9.17, 15) is 4.79 Å². The van der Waals surface area contributed by atoms with Gasteiger partial charge in [0, 0.05) is 18.7 Å². The van der Waals surface area contributed by atoms with Gasteiger partial charge < -0.3 is 15.2 Å². The number of ether oxygens (including phenoxy) is 1. The van der Waals surface area contributed by atoms with Gasteiger partial charge in [0.15, 0.2) is 0 Å². The summed E-state index contributed by atoms with van der Waals surface area (Å²) in [6.45, 7) is 2.79. The zero-order chi connectivity index (χ0) is 12.5. The molecule has 4 heteroatoms. The molecular formula is C13H19NO3. The van der Waals surface area contributed by atoms with E-state index in [0.29, 0.717) is 19.4 Å². The molecule has 0 spiro atoms. The highest BCUT2D eigenvalue weighted by atomic mass is 16.5. The second-order valence-corrected chi connectivity index (χ2v) is 3.75. The van der Waals surface area contributed by atoms with E-state index < -0.39 is 0 Å². The molecule has 17 heavy (non-hydrogen) atoms. The molecule has 1 aromatic carbocycles. The van der Waals surface area contributed by atoms with Crippen LogP contribution in [0.5, 0.6) is 5.75 Å². The predicted molar refractivity (Wildman–Crippen MR) is 67.2 cm³/mol. The molecule has 0 aliphatic heterocycles. The van der Waals surface area contributed by atoms with Crippen molar-refractivity contribution in [1.82, 2.24) is 0 Å². The molecule has 0 aromatic heterocycles. The summed E-state index contributed by atoms with van der Waals surface area (Å²) in [6, 6.07) is 7.28. The maximum Gasteiger partial charge on any atom is 0.224 e. The third-order valence-corrected chi connectivity index (χ3v) is 2.17. The van der Waals surface area contributed by atoms with Gasteiger partial charge >= 0.3 is 0 Å². The van der Waals surface area contributed by atoms with Crippen molar-refractivity contribution in [3.8, 4) is 5.75 Å². The lowest BCUT2D eigenvalue weighted by atomic mass is 10.2. The van der Waals surface area contributed by atoms with Gasteiger partial charge in [-0.25, -0.2) is 0 Å². The standard InChI is InChI=1S/C13H19NO3/c1-2-10-17-12-7-5-11(6-8-12)14-13(16)4-3-9-15/h5-8,15H,2-4,9-10H2,1H3,(H,14,16). The molecule has 0 radical (unpaired) electrons. The van der Waals surface area contributed by atoms with E-state index in [2.05, 4.69) is 12.2 Å². The normalized spacial score (nSPS) is 10.0. The highest BCUT2D eigenvalue weighted by molar-refractivity contribution is 5.90. The number of aliphatic hydroxyl groups excluding tert-OH is 1. The van der Waals surface area contributed by atoms with Crippen LogP contribution in [-0.2, 0) is 4.79 Å². The van der Waals surface area contributed by atoms with E-state index in [1.807, 2.05) is 24.3 Å². The van der Waals surface area contributed by atoms with Gasteiger partial charge in [0.2, 0.25) is 5.91 Å². The maximum atomic E-state index is 11.4. The lowest BCUT2D eigenvalue weighted by Gasteiger charge is -2.07. The topological polar surface area (TPSA) is 58.6 Å². The Hall–Kier alpha value is -1.55. The summed E-state index contributed by atoms with van der Waals surface area (Å²) < 4.78 is 5.43. The molecule has 0 aliphatic carbocycles. The molecule has 2 N–H and O–H groups in total. The molecular weight excluding hydrogens is 218 g/mol. The minimum absolute atomic E-state index is 0.0389. The molecule has 0 heterocycles. The summed E-state index contributed by atoms with van der Waals surface area (Å²) in [6.07, 6.45) is 1.80. The van der Waals surface area contributed by atoms with Gasteiger partial charge in [-0.1, -0.05) is 6.92 Å². The minimum Gasteiger partial charge on any atom is -0.494 e. The summed E-state index contributed by atoms with van der Waals surface area (Å²) in [7, 11) is 0. The SMILES string of the molecule is CCCOc1ccc(NC(=O)CCCO)cc1. The molecule has 0 atom stereocenters. The third-order valence-electron chi connectivity index (χ3n) is 2.17. The van der Waals surface area contributed by atoms with Crippen LogP contribution in [0.3, 0.4) is 0 Å². The Morgan fingerprint density at radius 1 is 1.35 bits per heavy atom. The molecule has 1 amide bonds. The second-order valence-electron chi connectivity index (χ2n) is 3.75. The number of carbonyl (C=O) groups is 1. The fourth-order valence-electron chi connectivity index (χ4n) is 1.32. The van der Waals surface area contributed by atoms with Gasteiger partial charge in [-0.2, -0.15) is 0 Å². The van der Waals surface area contributed by atoms with E-state index in [4.69, 9.17) is 9.84 Å². The first kappa shape index (κ1) is 13.5. The van der Waals surface area contributed by atoms with Crippen molar-refractivity contribution >= 4 is 11.6 Å². The smallest absolute Gasteiger partial charge is 0.224 e. The third kappa shape index (κ3) is 5.36. The van der Waals surface area contributed by atoms with Crippen molar-refractivity contribution in [2.75, 3.05) is 18.5 Å². The van der Waals surface area contributed by atoms with Crippen molar-refractivity contribution in [2.45, 2.75) is 26.2 Å². The minimum atomic E-state index is -0.0822. The molecule has 0 bridgehead atoms. The number of aliphatic hydroxyl groups is 1. The Labute approximate surface area is 102 Å². The zero-order valence-corrected chi connectivity index (χ0v) is 10.1. The quantitative estimate of drug-likeness (QED) is 0.764. The monoisotopic (exact) mass is 237 g/mol. The summed E-state index contributed by atoms with van der Waals surface area (Å²) >= 11 is 0. The Morgan fingerprint density at radius 3 is 2.65 bits per heavy atom. The maximum absolute atomic E-state index is 11.4. The van der Waals surface area contributed by atoms with Crippen LogP contribution in [0.15, 0.2) is 24.3 Å². The number of benzene rings is 1. The number of amides is 1. The Bertz CT molecular complexity index is 335. The van der Waals surface area contributed by atoms with Gasteiger partial charge in [0.05, 0.1) is 6.61 Å². The average Bonchev–Trinajstić information content (AvgIpc) is 2.35. The summed E-state index contributed by atoms with van der Waals surface area (Å²) in [4.78, 5) is 11.4. The number of hydrogen-bond donors (Lipinski definition) is 2. The largest absolute Gasteiger partial charge is 0.494 e. The summed E-state index contributed by atoms with van der Waals surface area (Å²) in [5.74, 6) is 0.724. The van der Waals surface area contributed by atoms with Crippen LogP contribution in [0.2, 0.25) is 0 Å². The number of rotatable bonds is 7. The van der Waals surface area contributed by atoms with Gasteiger partial charge in [0.25, 0.3) is 0 Å². The lowest BCUT2D eigenvalue weighted by molar-refractivity contribution is -0.116. The fraction of sp³-hybridized carbons (Fsp3) is 0.462. The number of nitrogens with one attached hydrogen (secondary N) is 1. The molecule has 0 aliphatic rings. The Kier molecular flexibility index (Phi) is 6.10. The number of anilines is 1. The number of hydrogen-bond acceptors (Lipinski definition) is 3. The second kappa shape index (κ2) is 7.68. The molecule has 0 fully saturated rings. The van der Waals surface area contributed by atoms with E-state index in [1.165, 1.54) is 0 Å². The van der Waals surface area contributed by atoms with E-state index in [0.717, 1.165) is 17.9 Å². The first-order valence-electron chi connectivity index (χ1n) is 5.90. The first-order valence-corrected chi connectivity index (χ1v) is 5.90. The summed E-state index contributed by atoms with van der Waals surface area (Å²) in [5, 5.41) is 11.4. The van der Waals surface area contributed by atoms with E-state index in [-0.39, 0.29) is 12.5 Å². The highest BCUT2D eigenvalue weighted by Crippen LogP contribution is 2.16. The molecule has 1 rings (SSSR count). The predicted octanol–water partition coefficient (Wildman–Crippen LogP) is 2.19. The zero-order valence-electron chi connectivity index (χ0n) is 10.1. The highest BCUT2D eigenvalue weighted by Gasteiger charge is 2.01. The van der Waals surface area contributed by atoms with E-state index >= 15 is 0 Å². The Morgan fingerprint density at radius 2 is 2.06 bits per heavy atom. The molecule has 1 aromatic rings. The van der Waals surface area contributed by atoms with Crippen molar-refractivity contribution < 1.29 is 14.6 Å². The molecule has 0 saturated carbocycles. The molecule has 0 unspecified atom stereocenters. The first-order chi connectivity index (χ1) is 8.26. The van der Waals surface area contributed by atoms with Crippen molar-refractivity contribution in [3.63, 3.8) is 0 Å². The van der Waals surface area contributed by atoms with Crippen LogP contribution < -0.4 is 10.1 Å². The lowest BCUT2D eigenvalue weighted by Crippen LogP contribution is -2.11. The van der Waals surface area contributed by atoms with Crippen molar-refractivity contribution in [2.24, 2.45) is 0 Å². The van der Waals surface area contributed by atoms with Crippen LogP contribution in [0.25, 0.3) is 0 Å². The van der Waals surface area contributed by atoms with Crippen LogP contribution >= 0.6 is 0 Å². The van der Waals surface area contributed by atoms with Crippen molar-refractivity contribution in [3.05, 3.63) is 24.3 Å². The van der Waals surface area contributed by atoms with Gasteiger partial charge in [-0.15, -0.1) is 0 Å². The summed E-state index contributed by atoms with van der Waals surface area (Å²) in [5.41, 5.74) is 0.747. The molecule has 4 nitrogen and oxygen atoms in total. The Balaban J connectivity index is 2.42. The van der Waals surface area contributed by atoms with Crippen LogP contribution in [-0.4, -0.2) is 24.2 Å². The van der Waals surface area contributed by atoms with Gasteiger partial charge in [0.1, 0.15) is 5.75 Å². The van der Waals surface area contributed by atoms with Crippen LogP contribution in [0, 0.1) is 0 Å². The number of carbonyl (C=O) groups excluding carboxylic acids is 1. The average molecular weight is 237 g/mol. The van der Waals surface area contributed by atoms with Crippen LogP contribution in [0.4, 0.5) is 5.69 Å². The fourth-order valence-corrected chi connectivity index (χ4v) is 1.32. The van der Waals surface area contributed by atoms with Crippen molar-refractivity contribution in [1.29, 1.82) is 0 Å². The van der Waals surface area contributed by atoms with Gasteiger partial charge in [-0.3, -0.25) is 4.79 Å².